The second-order valence-electron chi connectivity index (χ2n) is 4.80. The van der Waals surface area contributed by atoms with Crippen molar-refractivity contribution >= 4 is 5.69 Å². The summed E-state index contributed by atoms with van der Waals surface area (Å²) in [5, 5.41) is 39.6. The minimum Gasteiger partial charge on any atom is -0.396 e. The number of hydrogen-bond donors (Lipinski definition) is 3. The zero-order valence-corrected chi connectivity index (χ0v) is 10.9. The molecule has 6 heteroatoms. The Kier molecular flexibility index (Phi) is 5.41. The van der Waals surface area contributed by atoms with Crippen molar-refractivity contribution in [3.05, 3.63) is 39.9 Å². The van der Waals surface area contributed by atoms with Crippen LogP contribution in [0.2, 0.25) is 0 Å². The highest BCUT2D eigenvalue weighted by atomic mass is 16.6. The van der Waals surface area contributed by atoms with Gasteiger partial charge in [0.1, 0.15) is 0 Å². The lowest BCUT2D eigenvalue weighted by Gasteiger charge is -2.27. The van der Waals surface area contributed by atoms with Gasteiger partial charge in [0, 0.05) is 30.6 Å². The summed E-state index contributed by atoms with van der Waals surface area (Å²) in [5.41, 5.74) is 0.454. The molecule has 106 valence electrons. The number of rotatable bonds is 6. The van der Waals surface area contributed by atoms with Gasteiger partial charge >= 0.3 is 0 Å². The van der Waals surface area contributed by atoms with Crippen LogP contribution in [0.15, 0.2) is 24.3 Å². The number of nitro benzene ring substituents is 1. The maximum Gasteiger partial charge on any atom is 0.269 e. The third-order valence-corrected chi connectivity index (χ3v) is 3.35. The van der Waals surface area contributed by atoms with Crippen molar-refractivity contribution in [2.24, 2.45) is 11.8 Å². The monoisotopic (exact) mass is 269 g/mol. The first-order chi connectivity index (χ1) is 8.88. The molecule has 0 spiro atoms. The molecule has 3 N–H and O–H groups in total. The van der Waals surface area contributed by atoms with Crippen molar-refractivity contribution in [1.82, 2.24) is 0 Å². The molecule has 0 unspecified atom stereocenters. The van der Waals surface area contributed by atoms with E-state index in [9.17, 15) is 20.3 Å². The number of nitro groups is 1. The van der Waals surface area contributed by atoms with E-state index in [1.807, 2.05) is 0 Å². The highest BCUT2D eigenvalue weighted by Gasteiger charge is 2.27. The molecule has 1 aromatic carbocycles. The van der Waals surface area contributed by atoms with E-state index in [4.69, 9.17) is 5.11 Å². The lowest BCUT2D eigenvalue weighted by Crippen LogP contribution is -2.31. The van der Waals surface area contributed by atoms with Crippen LogP contribution in [0, 0.1) is 22.0 Å². The quantitative estimate of drug-likeness (QED) is 0.532. The highest BCUT2D eigenvalue weighted by molar-refractivity contribution is 5.33. The molecule has 0 saturated carbocycles. The van der Waals surface area contributed by atoms with Crippen LogP contribution in [0.4, 0.5) is 5.69 Å². The molecule has 0 bridgehead atoms. The van der Waals surface area contributed by atoms with Crippen molar-refractivity contribution < 1.29 is 20.2 Å². The maximum atomic E-state index is 10.5. The molecule has 0 saturated heterocycles. The Bertz CT molecular complexity index is 420. The van der Waals surface area contributed by atoms with Gasteiger partial charge in [0.2, 0.25) is 0 Å². The van der Waals surface area contributed by atoms with Gasteiger partial charge in [-0.1, -0.05) is 13.8 Å². The van der Waals surface area contributed by atoms with E-state index < -0.39 is 23.0 Å². The van der Waals surface area contributed by atoms with Crippen molar-refractivity contribution in [3.8, 4) is 0 Å². The number of nitrogens with zero attached hydrogens (tertiary/aromatic N) is 1. The maximum absolute atomic E-state index is 10.5. The Balaban J connectivity index is 2.81. The Morgan fingerprint density at radius 2 is 1.74 bits per heavy atom. The Labute approximate surface area is 111 Å². The van der Waals surface area contributed by atoms with Crippen molar-refractivity contribution in [1.29, 1.82) is 0 Å². The van der Waals surface area contributed by atoms with Crippen LogP contribution in [-0.2, 0) is 0 Å². The van der Waals surface area contributed by atoms with Gasteiger partial charge in [-0.3, -0.25) is 10.1 Å². The molecular weight excluding hydrogens is 250 g/mol. The second kappa shape index (κ2) is 6.60. The van der Waals surface area contributed by atoms with E-state index in [1.165, 1.54) is 24.3 Å². The van der Waals surface area contributed by atoms with Crippen molar-refractivity contribution in [3.63, 3.8) is 0 Å². The van der Waals surface area contributed by atoms with Crippen LogP contribution in [0.1, 0.15) is 25.5 Å². The summed E-state index contributed by atoms with van der Waals surface area (Å²) < 4.78 is 0. The van der Waals surface area contributed by atoms with E-state index in [0.717, 1.165) is 0 Å². The summed E-state index contributed by atoms with van der Waals surface area (Å²) in [6, 6.07) is 5.56. The first-order valence-corrected chi connectivity index (χ1v) is 6.09. The van der Waals surface area contributed by atoms with Gasteiger partial charge in [0.25, 0.3) is 5.69 Å². The van der Waals surface area contributed by atoms with Gasteiger partial charge in [-0.25, -0.2) is 0 Å². The Morgan fingerprint density at radius 3 is 2.16 bits per heavy atom. The van der Waals surface area contributed by atoms with Crippen molar-refractivity contribution in [2.45, 2.75) is 26.1 Å². The van der Waals surface area contributed by atoms with Crippen LogP contribution in [0.5, 0.6) is 0 Å². The number of benzene rings is 1. The fraction of sp³-hybridized carbons (Fsp3) is 0.538. The number of aliphatic hydroxyl groups excluding tert-OH is 3. The molecule has 6 nitrogen and oxygen atoms in total. The van der Waals surface area contributed by atoms with Gasteiger partial charge in [0.05, 0.1) is 17.1 Å². The van der Waals surface area contributed by atoms with Gasteiger partial charge < -0.3 is 15.3 Å². The van der Waals surface area contributed by atoms with Gasteiger partial charge in [-0.05, 0) is 17.7 Å². The fourth-order valence-electron chi connectivity index (χ4n) is 1.91. The lowest BCUT2D eigenvalue weighted by atomic mass is 9.86. The van der Waals surface area contributed by atoms with Gasteiger partial charge in [0.15, 0.2) is 0 Å². The average Bonchev–Trinajstić information content (AvgIpc) is 2.44. The van der Waals surface area contributed by atoms with E-state index >= 15 is 0 Å². The lowest BCUT2D eigenvalue weighted by molar-refractivity contribution is -0.384. The predicted molar refractivity (Wildman–Crippen MR) is 69.5 cm³/mol. The largest absolute Gasteiger partial charge is 0.396 e. The normalized spacial score (nSPS) is 17.5. The minimum absolute atomic E-state index is 0.0483. The predicted octanol–water partition coefficient (Wildman–Crippen LogP) is 1.25. The number of non-ortho nitro benzene ring substituents is 1. The van der Waals surface area contributed by atoms with E-state index in [-0.39, 0.29) is 18.2 Å². The highest BCUT2D eigenvalue weighted by Crippen LogP contribution is 2.28. The zero-order chi connectivity index (χ0) is 14.6. The first-order valence-electron chi connectivity index (χ1n) is 6.09. The van der Waals surface area contributed by atoms with Gasteiger partial charge in [-0.15, -0.1) is 0 Å². The topological polar surface area (TPSA) is 104 Å². The fourth-order valence-corrected chi connectivity index (χ4v) is 1.91. The third-order valence-electron chi connectivity index (χ3n) is 3.35. The molecule has 0 aliphatic heterocycles. The third kappa shape index (κ3) is 3.73. The molecule has 19 heavy (non-hydrogen) atoms. The van der Waals surface area contributed by atoms with Crippen LogP contribution < -0.4 is 0 Å². The summed E-state index contributed by atoms with van der Waals surface area (Å²) >= 11 is 0. The van der Waals surface area contributed by atoms with Crippen LogP contribution in [0.25, 0.3) is 0 Å². The summed E-state index contributed by atoms with van der Waals surface area (Å²) in [7, 11) is 0. The van der Waals surface area contributed by atoms with Crippen LogP contribution in [0.3, 0.4) is 0 Å². The molecule has 0 aliphatic rings. The molecule has 0 fully saturated rings. The summed E-state index contributed by atoms with van der Waals surface area (Å²) in [4.78, 5) is 10.0. The van der Waals surface area contributed by atoms with E-state index in [0.29, 0.717) is 5.56 Å². The molecule has 1 aromatic rings. The zero-order valence-electron chi connectivity index (χ0n) is 10.9. The van der Waals surface area contributed by atoms with E-state index in [1.54, 1.807) is 13.8 Å². The molecule has 0 aromatic heterocycles. The molecule has 1 rings (SSSR count). The molecule has 0 heterocycles. The second-order valence-corrected chi connectivity index (χ2v) is 4.80. The first kappa shape index (κ1) is 15.6. The summed E-state index contributed by atoms with van der Waals surface area (Å²) in [5.74, 6) is -0.827. The Hall–Kier alpha value is -1.50. The standard InChI is InChI=1S/C13H19NO5/c1-8(7-15)12(16)9(2)13(17)10-3-5-11(6-4-10)14(18)19/h3-6,8-9,12-13,15-17H,7H2,1-2H3/t8-,9-,12-,13-/m1/s1. The molecule has 0 aliphatic carbocycles. The van der Waals surface area contributed by atoms with Crippen molar-refractivity contribution in [2.75, 3.05) is 6.61 Å². The number of hydrogen-bond acceptors (Lipinski definition) is 5. The van der Waals surface area contributed by atoms with Crippen LogP contribution in [-0.4, -0.2) is 33.0 Å². The molecule has 0 radical (unpaired) electrons. The molecular formula is C13H19NO5. The SMILES string of the molecule is C[C@H]([C@H](O)[C@H](C)CO)[C@@H](O)c1ccc([N+](=O)[O-])cc1. The minimum atomic E-state index is -0.940. The molecule has 0 amide bonds. The van der Waals surface area contributed by atoms with Crippen LogP contribution >= 0.6 is 0 Å². The number of aliphatic hydroxyl groups is 3. The smallest absolute Gasteiger partial charge is 0.269 e. The van der Waals surface area contributed by atoms with Gasteiger partial charge in [-0.2, -0.15) is 0 Å². The van der Waals surface area contributed by atoms with E-state index in [2.05, 4.69) is 0 Å². The summed E-state index contributed by atoms with van der Waals surface area (Å²) in [6.07, 6.45) is -1.79. The molecule has 4 atom stereocenters. The Morgan fingerprint density at radius 1 is 1.21 bits per heavy atom. The summed E-state index contributed by atoms with van der Waals surface area (Å²) in [6.45, 7) is 3.19. The average molecular weight is 269 g/mol.